The number of para-hydroxylation sites is 1. The molecule has 1 aromatic carbocycles. The molecule has 1 aliphatic heterocycles. The lowest BCUT2D eigenvalue weighted by Gasteiger charge is -2.35. The molecule has 144 valence electrons. The van der Waals surface area contributed by atoms with Gasteiger partial charge in [0.15, 0.2) is 0 Å². The van der Waals surface area contributed by atoms with E-state index in [4.69, 9.17) is 0 Å². The highest BCUT2D eigenvalue weighted by Gasteiger charge is 2.33. The van der Waals surface area contributed by atoms with Gasteiger partial charge in [-0.05, 0) is 18.1 Å². The van der Waals surface area contributed by atoms with Crippen molar-refractivity contribution in [3.63, 3.8) is 0 Å². The third-order valence-electron chi connectivity index (χ3n) is 4.90. The monoisotopic (exact) mass is 379 g/mol. The first kappa shape index (κ1) is 18.1. The first-order chi connectivity index (χ1) is 13.7. The second-order valence-corrected chi connectivity index (χ2v) is 6.66. The summed E-state index contributed by atoms with van der Waals surface area (Å²) in [5, 5.41) is 17.5. The van der Waals surface area contributed by atoms with Gasteiger partial charge in [-0.2, -0.15) is 5.10 Å². The summed E-state index contributed by atoms with van der Waals surface area (Å²) in [6.45, 7) is 1.37. The average Bonchev–Trinajstić information content (AvgIpc) is 3.28. The SMILES string of the molecule is O=C(NCc1ccccc1-n1cncn1)[C@H]1CN(c2cnccn2)CC[C@H]1O. The second-order valence-electron chi connectivity index (χ2n) is 6.66. The highest BCUT2D eigenvalue weighted by Crippen LogP contribution is 2.22. The highest BCUT2D eigenvalue weighted by atomic mass is 16.3. The summed E-state index contributed by atoms with van der Waals surface area (Å²) in [5.41, 5.74) is 1.77. The van der Waals surface area contributed by atoms with Crippen molar-refractivity contribution in [1.29, 1.82) is 0 Å². The topological polar surface area (TPSA) is 109 Å². The zero-order valence-corrected chi connectivity index (χ0v) is 15.2. The predicted octanol–water partition coefficient (Wildman–Crippen LogP) is 0.561. The Hall–Kier alpha value is -3.33. The van der Waals surface area contributed by atoms with Gasteiger partial charge in [-0.1, -0.05) is 18.2 Å². The lowest BCUT2D eigenvalue weighted by atomic mass is 9.93. The van der Waals surface area contributed by atoms with Crippen LogP contribution in [0.3, 0.4) is 0 Å². The van der Waals surface area contributed by atoms with Gasteiger partial charge in [0.25, 0.3) is 0 Å². The standard InChI is InChI=1S/C19H21N7O2/c27-17-5-8-25(18-10-20-6-7-22-18)11-15(17)19(28)23-9-14-3-1-2-4-16(14)26-13-21-12-24-26/h1-4,6-7,10,12-13,15,17,27H,5,8-9,11H2,(H,23,28)/t15-,17+/m0/s1. The van der Waals surface area contributed by atoms with E-state index in [9.17, 15) is 9.90 Å². The van der Waals surface area contributed by atoms with Crippen molar-refractivity contribution in [2.45, 2.75) is 19.1 Å². The molecule has 1 aliphatic rings. The maximum absolute atomic E-state index is 12.8. The first-order valence-corrected chi connectivity index (χ1v) is 9.12. The van der Waals surface area contributed by atoms with Crippen molar-refractivity contribution in [1.82, 2.24) is 30.0 Å². The molecule has 4 rings (SSSR count). The highest BCUT2D eigenvalue weighted by molar-refractivity contribution is 5.80. The number of rotatable bonds is 5. The Labute approximate surface area is 162 Å². The van der Waals surface area contributed by atoms with Crippen LogP contribution in [0.1, 0.15) is 12.0 Å². The molecular formula is C19H21N7O2. The number of nitrogens with one attached hydrogen (secondary N) is 1. The summed E-state index contributed by atoms with van der Waals surface area (Å²) in [7, 11) is 0. The van der Waals surface area contributed by atoms with Crippen LogP contribution in [0.2, 0.25) is 0 Å². The van der Waals surface area contributed by atoms with Crippen LogP contribution in [0.25, 0.3) is 5.69 Å². The van der Waals surface area contributed by atoms with Crippen LogP contribution in [-0.4, -0.2) is 54.9 Å². The number of hydrogen-bond donors (Lipinski definition) is 2. The number of nitrogens with zero attached hydrogens (tertiary/aromatic N) is 6. The molecule has 9 nitrogen and oxygen atoms in total. The van der Waals surface area contributed by atoms with Gasteiger partial charge in [0.2, 0.25) is 5.91 Å². The van der Waals surface area contributed by atoms with Crippen molar-refractivity contribution < 1.29 is 9.90 Å². The van der Waals surface area contributed by atoms with Gasteiger partial charge in [-0.25, -0.2) is 14.6 Å². The van der Waals surface area contributed by atoms with Gasteiger partial charge in [0, 0.05) is 32.0 Å². The van der Waals surface area contributed by atoms with Crippen molar-refractivity contribution in [2.24, 2.45) is 5.92 Å². The Morgan fingerprint density at radius 2 is 2.14 bits per heavy atom. The summed E-state index contributed by atoms with van der Waals surface area (Å²) in [5.74, 6) is -0.00694. The van der Waals surface area contributed by atoms with Gasteiger partial charge in [-0.3, -0.25) is 9.78 Å². The number of amides is 1. The number of carbonyl (C=O) groups is 1. The Morgan fingerprint density at radius 3 is 2.93 bits per heavy atom. The lowest BCUT2D eigenvalue weighted by molar-refractivity contribution is -0.129. The molecule has 0 aliphatic carbocycles. The van der Waals surface area contributed by atoms with Gasteiger partial charge in [0.05, 0.1) is 23.9 Å². The average molecular weight is 379 g/mol. The lowest BCUT2D eigenvalue weighted by Crippen LogP contribution is -2.50. The smallest absolute Gasteiger partial charge is 0.227 e. The summed E-state index contributed by atoms with van der Waals surface area (Å²) >= 11 is 0. The quantitative estimate of drug-likeness (QED) is 0.667. The van der Waals surface area contributed by atoms with E-state index >= 15 is 0 Å². The van der Waals surface area contributed by atoms with Crippen LogP contribution in [0.15, 0.2) is 55.5 Å². The molecule has 3 heterocycles. The second kappa shape index (κ2) is 8.13. The van der Waals surface area contributed by atoms with Crippen LogP contribution < -0.4 is 10.2 Å². The molecule has 2 atom stereocenters. The minimum atomic E-state index is -0.682. The van der Waals surface area contributed by atoms with E-state index in [-0.39, 0.29) is 5.91 Å². The zero-order valence-electron chi connectivity index (χ0n) is 15.2. The van der Waals surface area contributed by atoms with Gasteiger partial charge in [0.1, 0.15) is 18.5 Å². The third-order valence-corrected chi connectivity index (χ3v) is 4.90. The largest absolute Gasteiger partial charge is 0.392 e. The van der Waals surface area contributed by atoms with Crippen LogP contribution in [0.5, 0.6) is 0 Å². The minimum absolute atomic E-state index is 0.186. The Kier molecular flexibility index (Phi) is 5.24. The van der Waals surface area contributed by atoms with Crippen molar-refractivity contribution in [2.75, 3.05) is 18.0 Å². The number of hydrogen-bond acceptors (Lipinski definition) is 7. The molecule has 0 spiro atoms. The van der Waals surface area contributed by atoms with E-state index in [0.717, 1.165) is 11.3 Å². The van der Waals surface area contributed by atoms with Crippen molar-refractivity contribution in [3.8, 4) is 5.69 Å². The number of piperidine rings is 1. The molecule has 2 aromatic heterocycles. The summed E-state index contributed by atoms with van der Waals surface area (Å²) in [4.78, 5) is 27.1. The molecule has 3 aromatic rings. The van der Waals surface area contributed by atoms with E-state index in [1.165, 1.54) is 6.33 Å². The molecule has 9 heteroatoms. The van der Waals surface area contributed by atoms with E-state index < -0.39 is 12.0 Å². The number of aliphatic hydroxyl groups excluding tert-OH is 1. The summed E-state index contributed by atoms with van der Waals surface area (Å²) in [6, 6.07) is 7.67. The van der Waals surface area contributed by atoms with Crippen LogP contribution >= 0.6 is 0 Å². The zero-order chi connectivity index (χ0) is 19.3. The van der Waals surface area contributed by atoms with E-state index in [1.54, 1.807) is 29.6 Å². The molecule has 1 saturated heterocycles. The maximum Gasteiger partial charge on any atom is 0.227 e. The molecule has 1 amide bonds. The van der Waals surface area contributed by atoms with Gasteiger partial charge >= 0.3 is 0 Å². The van der Waals surface area contributed by atoms with Crippen molar-refractivity contribution >= 4 is 11.7 Å². The van der Waals surface area contributed by atoms with Gasteiger partial charge < -0.3 is 15.3 Å². The number of aliphatic hydroxyl groups is 1. The molecule has 1 fully saturated rings. The molecule has 0 bridgehead atoms. The Balaban J connectivity index is 1.44. The number of aromatic nitrogens is 5. The number of anilines is 1. The minimum Gasteiger partial charge on any atom is -0.392 e. The van der Waals surface area contributed by atoms with E-state index in [0.29, 0.717) is 31.9 Å². The molecule has 0 radical (unpaired) electrons. The molecule has 2 N–H and O–H groups in total. The normalized spacial score (nSPS) is 19.4. The van der Waals surface area contributed by atoms with Crippen LogP contribution in [0.4, 0.5) is 5.82 Å². The number of benzene rings is 1. The van der Waals surface area contributed by atoms with Crippen molar-refractivity contribution in [3.05, 3.63) is 61.1 Å². The first-order valence-electron chi connectivity index (χ1n) is 9.12. The fraction of sp³-hybridized carbons (Fsp3) is 0.316. The third kappa shape index (κ3) is 3.84. The van der Waals surface area contributed by atoms with Gasteiger partial charge in [-0.15, -0.1) is 0 Å². The molecule has 28 heavy (non-hydrogen) atoms. The maximum atomic E-state index is 12.8. The Bertz CT molecular complexity index is 917. The molecule has 0 unspecified atom stereocenters. The van der Waals surface area contributed by atoms with Crippen LogP contribution in [-0.2, 0) is 11.3 Å². The molecular weight excluding hydrogens is 358 g/mol. The van der Waals surface area contributed by atoms with E-state index in [2.05, 4.69) is 25.4 Å². The van der Waals surface area contributed by atoms with Crippen LogP contribution in [0, 0.1) is 5.92 Å². The summed E-state index contributed by atoms with van der Waals surface area (Å²) in [6.07, 6.45) is 7.80. The Morgan fingerprint density at radius 1 is 1.25 bits per heavy atom. The fourth-order valence-electron chi connectivity index (χ4n) is 3.39. The molecule has 0 saturated carbocycles. The fourth-order valence-corrected chi connectivity index (χ4v) is 3.39. The summed E-state index contributed by atoms with van der Waals surface area (Å²) < 4.78 is 1.66. The number of carbonyl (C=O) groups excluding carboxylic acids is 1. The predicted molar refractivity (Wildman–Crippen MR) is 102 cm³/mol. The van der Waals surface area contributed by atoms with E-state index in [1.807, 2.05) is 29.2 Å².